The molecule has 114 valence electrons. The molecule has 21 heavy (non-hydrogen) atoms. The number of ketones is 1. The number of nitro benzene ring substituents is 1. The number of nitro groups is 1. The molecule has 0 atom stereocenters. The molecular weight excluding hydrogens is 274 g/mol. The zero-order valence-corrected chi connectivity index (χ0v) is 12.4. The molecule has 1 aromatic carbocycles. The second-order valence-electron chi connectivity index (χ2n) is 4.82. The van der Waals surface area contributed by atoms with E-state index in [0.717, 1.165) is 0 Å². The van der Waals surface area contributed by atoms with Crippen molar-refractivity contribution in [2.45, 2.75) is 6.92 Å². The Morgan fingerprint density at radius 3 is 2.14 bits per heavy atom. The number of rotatable bonds is 7. The molecule has 0 N–H and O–H groups in total. The third-order valence-electron chi connectivity index (χ3n) is 3.07. The quantitative estimate of drug-likeness (QED) is 0.428. The van der Waals surface area contributed by atoms with Gasteiger partial charge >= 0.3 is 0 Å². The van der Waals surface area contributed by atoms with E-state index in [0.29, 0.717) is 12.1 Å². The second kappa shape index (κ2) is 7.49. The van der Waals surface area contributed by atoms with Gasteiger partial charge in [0.2, 0.25) is 5.91 Å². The third kappa shape index (κ3) is 4.96. The van der Waals surface area contributed by atoms with Crippen molar-refractivity contribution in [2.24, 2.45) is 0 Å². The van der Waals surface area contributed by atoms with Crippen LogP contribution in [-0.2, 0) is 4.79 Å². The lowest BCUT2D eigenvalue weighted by molar-refractivity contribution is -0.384. The predicted octanol–water partition coefficient (Wildman–Crippen LogP) is 1.19. The summed E-state index contributed by atoms with van der Waals surface area (Å²) in [4.78, 5) is 37.0. The van der Waals surface area contributed by atoms with Gasteiger partial charge in [0.15, 0.2) is 5.78 Å². The van der Waals surface area contributed by atoms with E-state index in [9.17, 15) is 19.7 Å². The Morgan fingerprint density at radius 2 is 1.71 bits per heavy atom. The van der Waals surface area contributed by atoms with Crippen molar-refractivity contribution < 1.29 is 14.5 Å². The van der Waals surface area contributed by atoms with Crippen LogP contribution in [0.5, 0.6) is 0 Å². The van der Waals surface area contributed by atoms with Gasteiger partial charge in [-0.3, -0.25) is 24.6 Å². The predicted molar refractivity (Wildman–Crippen MR) is 78.2 cm³/mol. The molecule has 7 heteroatoms. The van der Waals surface area contributed by atoms with Gasteiger partial charge in [-0.2, -0.15) is 0 Å². The lowest BCUT2D eigenvalue weighted by Crippen LogP contribution is -2.39. The summed E-state index contributed by atoms with van der Waals surface area (Å²) in [6.45, 7) is 2.71. The number of amides is 1. The van der Waals surface area contributed by atoms with Gasteiger partial charge in [-0.05, 0) is 18.7 Å². The van der Waals surface area contributed by atoms with Crippen molar-refractivity contribution in [3.05, 3.63) is 39.9 Å². The number of hydrogen-bond donors (Lipinski definition) is 0. The average molecular weight is 293 g/mol. The van der Waals surface area contributed by atoms with Crippen molar-refractivity contribution in [1.82, 2.24) is 9.80 Å². The summed E-state index contributed by atoms with van der Waals surface area (Å²) in [5, 5.41) is 10.6. The van der Waals surface area contributed by atoms with E-state index >= 15 is 0 Å². The summed E-state index contributed by atoms with van der Waals surface area (Å²) >= 11 is 0. The summed E-state index contributed by atoms with van der Waals surface area (Å²) in [5.74, 6) is -0.244. The lowest BCUT2D eigenvalue weighted by atomic mass is 10.1. The highest BCUT2D eigenvalue weighted by Gasteiger charge is 2.16. The second-order valence-corrected chi connectivity index (χ2v) is 4.82. The van der Waals surface area contributed by atoms with Gasteiger partial charge in [-0.25, -0.2) is 0 Å². The zero-order chi connectivity index (χ0) is 16.0. The van der Waals surface area contributed by atoms with E-state index in [1.165, 1.54) is 29.2 Å². The Labute approximate surface area is 123 Å². The first-order chi connectivity index (χ1) is 9.85. The molecule has 1 aromatic rings. The van der Waals surface area contributed by atoms with E-state index in [-0.39, 0.29) is 30.5 Å². The Balaban J connectivity index is 2.69. The van der Waals surface area contributed by atoms with Crippen molar-refractivity contribution >= 4 is 17.4 Å². The summed E-state index contributed by atoms with van der Waals surface area (Å²) in [6, 6.07) is 5.47. The number of hydrogen-bond acceptors (Lipinski definition) is 5. The molecule has 0 bridgehead atoms. The first-order valence-electron chi connectivity index (χ1n) is 6.55. The monoisotopic (exact) mass is 293 g/mol. The van der Waals surface area contributed by atoms with Gasteiger partial charge in [0.05, 0.1) is 18.0 Å². The molecule has 0 aromatic heterocycles. The number of Topliss-reactive ketones (excluding diaryl/α,β-unsaturated/α-hetero) is 1. The Kier molecular flexibility index (Phi) is 5.98. The molecule has 7 nitrogen and oxygen atoms in total. The van der Waals surface area contributed by atoms with Crippen LogP contribution in [0.2, 0.25) is 0 Å². The van der Waals surface area contributed by atoms with Gasteiger partial charge < -0.3 is 4.90 Å². The average Bonchev–Trinajstić information content (AvgIpc) is 2.46. The molecule has 0 saturated carbocycles. The fraction of sp³-hybridized carbons (Fsp3) is 0.429. The minimum atomic E-state index is -0.512. The number of non-ortho nitro benzene ring substituents is 1. The lowest BCUT2D eigenvalue weighted by Gasteiger charge is -2.21. The first kappa shape index (κ1) is 16.8. The highest BCUT2D eigenvalue weighted by molar-refractivity contribution is 5.98. The van der Waals surface area contributed by atoms with Gasteiger partial charge in [-0.15, -0.1) is 0 Å². The molecule has 0 saturated heterocycles. The Hall–Kier alpha value is -2.28. The van der Waals surface area contributed by atoms with Gasteiger partial charge in [0, 0.05) is 31.8 Å². The zero-order valence-electron chi connectivity index (χ0n) is 12.4. The topological polar surface area (TPSA) is 83.8 Å². The molecule has 0 spiro atoms. The first-order valence-corrected chi connectivity index (χ1v) is 6.55. The minimum Gasteiger partial charge on any atom is -0.348 e. The SMILES string of the molecule is CCN(CC(=O)c1ccc([N+](=O)[O-])cc1)CC(=O)N(C)C. The Morgan fingerprint density at radius 1 is 1.14 bits per heavy atom. The van der Waals surface area contributed by atoms with Crippen LogP contribution in [0.3, 0.4) is 0 Å². The van der Waals surface area contributed by atoms with Crippen molar-refractivity contribution in [3.8, 4) is 0 Å². The fourth-order valence-corrected chi connectivity index (χ4v) is 1.68. The molecule has 1 rings (SSSR count). The maximum Gasteiger partial charge on any atom is 0.269 e. The van der Waals surface area contributed by atoms with Crippen LogP contribution < -0.4 is 0 Å². The van der Waals surface area contributed by atoms with Crippen LogP contribution in [0.25, 0.3) is 0 Å². The molecule has 0 aliphatic heterocycles. The summed E-state index contributed by atoms with van der Waals surface area (Å²) < 4.78 is 0. The fourth-order valence-electron chi connectivity index (χ4n) is 1.68. The number of benzene rings is 1. The summed E-state index contributed by atoms with van der Waals surface area (Å²) in [7, 11) is 3.32. The number of carbonyl (C=O) groups excluding carboxylic acids is 2. The van der Waals surface area contributed by atoms with Crippen LogP contribution in [0.4, 0.5) is 5.69 Å². The van der Waals surface area contributed by atoms with Crippen molar-refractivity contribution in [3.63, 3.8) is 0 Å². The number of likely N-dealkylation sites (N-methyl/N-ethyl adjacent to an activating group) is 2. The van der Waals surface area contributed by atoms with Crippen LogP contribution >= 0.6 is 0 Å². The summed E-state index contributed by atoms with van der Waals surface area (Å²) in [6.07, 6.45) is 0. The number of carbonyl (C=O) groups is 2. The van der Waals surface area contributed by atoms with E-state index in [4.69, 9.17) is 0 Å². The third-order valence-corrected chi connectivity index (χ3v) is 3.07. The van der Waals surface area contributed by atoms with Crippen molar-refractivity contribution in [2.75, 3.05) is 33.7 Å². The molecule has 0 unspecified atom stereocenters. The molecule has 0 fully saturated rings. The maximum atomic E-state index is 12.1. The van der Waals surface area contributed by atoms with Gasteiger partial charge in [0.25, 0.3) is 5.69 Å². The highest BCUT2D eigenvalue weighted by Crippen LogP contribution is 2.12. The molecule has 0 radical (unpaired) electrons. The molecule has 1 amide bonds. The largest absolute Gasteiger partial charge is 0.348 e. The van der Waals surface area contributed by atoms with Crippen LogP contribution in [0.1, 0.15) is 17.3 Å². The molecule has 0 aliphatic carbocycles. The van der Waals surface area contributed by atoms with Crippen LogP contribution in [-0.4, -0.2) is 60.1 Å². The van der Waals surface area contributed by atoms with E-state index in [1.54, 1.807) is 19.0 Å². The standard InChI is InChI=1S/C14H19N3O4/c1-4-16(10-14(19)15(2)3)9-13(18)11-5-7-12(8-6-11)17(20)21/h5-8H,4,9-10H2,1-3H3. The maximum absolute atomic E-state index is 12.1. The molecule has 0 aliphatic rings. The highest BCUT2D eigenvalue weighted by atomic mass is 16.6. The van der Waals surface area contributed by atoms with Crippen LogP contribution in [0, 0.1) is 10.1 Å². The normalized spacial score (nSPS) is 10.5. The van der Waals surface area contributed by atoms with E-state index < -0.39 is 4.92 Å². The van der Waals surface area contributed by atoms with Gasteiger partial charge in [-0.1, -0.05) is 6.92 Å². The van der Waals surface area contributed by atoms with E-state index in [2.05, 4.69) is 0 Å². The Bertz CT molecular complexity index is 526. The van der Waals surface area contributed by atoms with Crippen LogP contribution in [0.15, 0.2) is 24.3 Å². The molecule has 0 heterocycles. The minimum absolute atomic E-state index is 0.0540. The van der Waals surface area contributed by atoms with E-state index in [1.807, 2.05) is 6.92 Å². The number of nitrogens with zero attached hydrogens (tertiary/aromatic N) is 3. The van der Waals surface area contributed by atoms with Crippen molar-refractivity contribution in [1.29, 1.82) is 0 Å². The smallest absolute Gasteiger partial charge is 0.269 e. The van der Waals surface area contributed by atoms with Gasteiger partial charge in [0.1, 0.15) is 0 Å². The summed E-state index contributed by atoms with van der Waals surface area (Å²) in [5.41, 5.74) is 0.345. The molecular formula is C14H19N3O4.